The fourth-order valence-electron chi connectivity index (χ4n) is 2.75. The standard InChI is InChI=1S/C16H17ClN2/c17-16-10-18-8-6-15(16)12-19-9-7-14(11-19)13-4-2-1-3-5-13/h1-6,8,10,14H,7,9,11-12H2/t14-/m0/s1. The van der Waals surface area contributed by atoms with E-state index in [1.165, 1.54) is 17.5 Å². The van der Waals surface area contributed by atoms with Crippen LogP contribution in [0.5, 0.6) is 0 Å². The lowest BCUT2D eigenvalue weighted by Crippen LogP contribution is -2.20. The summed E-state index contributed by atoms with van der Waals surface area (Å²) in [5, 5.41) is 0.769. The van der Waals surface area contributed by atoms with Crippen LogP contribution in [0.2, 0.25) is 5.02 Å². The number of halogens is 1. The molecule has 0 amide bonds. The van der Waals surface area contributed by atoms with E-state index in [0.717, 1.165) is 24.7 Å². The number of nitrogens with zero attached hydrogens (tertiary/aromatic N) is 2. The van der Waals surface area contributed by atoms with Crippen molar-refractivity contribution in [3.05, 3.63) is 64.9 Å². The molecule has 1 atom stereocenters. The fourth-order valence-corrected chi connectivity index (χ4v) is 2.93. The molecule has 2 aromatic rings. The van der Waals surface area contributed by atoms with Gasteiger partial charge >= 0.3 is 0 Å². The third kappa shape index (κ3) is 2.96. The summed E-state index contributed by atoms with van der Waals surface area (Å²) in [7, 11) is 0. The summed E-state index contributed by atoms with van der Waals surface area (Å²) in [5.41, 5.74) is 2.62. The monoisotopic (exact) mass is 272 g/mol. The predicted molar refractivity (Wildman–Crippen MR) is 78.3 cm³/mol. The molecule has 98 valence electrons. The summed E-state index contributed by atoms with van der Waals surface area (Å²) in [4.78, 5) is 6.50. The Morgan fingerprint density at radius 2 is 2.05 bits per heavy atom. The molecule has 0 bridgehead atoms. The molecule has 1 aromatic heterocycles. The molecular weight excluding hydrogens is 256 g/mol. The smallest absolute Gasteiger partial charge is 0.0634 e. The molecule has 3 heteroatoms. The van der Waals surface area contributed by atoms with E-state index < -0.39 is 0 Å². The van der Waals surface area contributed by atoms with E-state index in [0.29, 0.717) is 5.92 Å². The molecule has 2 heterocycles. The number of hydrogen-bond acceptors (Lipinski definition) is 2. The SMILES string of the molecule is Clc1cnccc1CN1CC[C@H](c2ccccc2)C1. The Labute approximate surface area is 119 Å². The van der Waals surface area contributed by atoms with Crippen molar-refractivity contribution in [2.45, 2.75) is 18.9 Å². The minimum atomic E-state index is 0.654. The Morgan fingerprint density at radius 3 is 2.84 bits per heavy atom. The Balaban J connectivity index is 1.65. The van der Waals surface area contributed by atoms with E-state index in [1.54, 1.807) is 6.20 Å². The van der Waals surface area contributed by atoms with Crippen molar-refractivity contribution in [2.75, 3.05) is 13.1 Å². The molecule has 0 N–H and O–H groups in total. The highest BCUT2D eigenvalue weighted by Gasteiger charge is 2.23. The van der Waals surface area contributed by atoms with Gasteiger partial charge in [-0.1, -0.05) is 41.9 Å². The highest BCUT2D eigenvalue weighted by molar-refractivity contribution is 6.31. The maximum Gasteiger partial charge on any atom is 0.0634 e. The topological polar surface area (TPSA) is 16.1 Å². The maximum absolute atomic E-state index is 6.17. The summed E-state index contributed by atoms with van der Waals surface area (Å²) in [5.74, 6) is 0.654. The molecule has 19 heavy (non-hydrogen) atoms. The van der Waals surface area contributed by atoms with Gasteiger partial charge in [0.15, 0.2) is 0 Å². The van der Waals surface area contributed by atoms with Crippen molar-refractivity contribution in [3.8, 4) is 0 Å². The Kier molecular flexibility index (Phi) is 3.81. The number of benzene rings is 1. The van der Waals surface area contributed by atoms with Gasteiger partial charge in [0.1, 0.15) is 0 Å². The van der Waals surface area contributed by atoms with Crippen LogP contribution < -0.4 is 0 Å². The quantitative estimate of drug-likeness (QED) is 0.846. The summed E-state index contributed by atoms with van der Waals surface area (Å²) in [6.45, 7) is 3.17. The second kappa shape index (κ2) is 5.72. The average Bonchev–Trinajstić information content (AvgIpc) is 2.91. The molecular formula is C16H17ClN2. The molecule has 3 rings (SSSR count). The van der Waals surface area contributed by atoms with Crippen molar-refractivity contribution in [1.82, 2.24) is 9.88 Å². The van der Waals surface area contributed by atoms with Gasteiger partial charge in [-0.15, -0.1) is 0 Å². The van der Waals surface area contributed by atoms with Gasteiger partial charge in [-0.2, -0.15) is 0 Å². The zero-order valence-corrected chi connectivity index (χ0v) is 11.6. The summed E-state index contributed by atoms with van der Waals surface area (Å²) >= 11 is 6.17. The van der Waals surface area contributed by atoms with Crippen molar-refractivity contribution >= 4 is 11.6 Å². The minimum Gasteiger partial charge on any atom is -0.298 e. The first kappa shape index (κ1) is 12.6. The van der Waals surface area contributed by atoms with Gasteiger partial charge in [-0.05, 0) is 36.1 Å². The third-order valence-corrected chi connectivity index (χ3v) is 4.13. The summed E-state index contributed by atoms with van der Waals surface area (Å²) in [6, 6.07) is 12.8. The number of hydrogen-bond donors (Lipinski definition) is 0. The van der Waals surface area contributed by atoms with E-state index in [2.05, 4.69) is 40.2 Å². The van der Waals surface area contributed by atoms with Crippen molar-refractivity contribution < 1.29 is 0 Å². The van der Waals surface area contributed by atoms with Crippen LogP contribution in [0, 0.1) is 0 Å². The van der Waals surface area contributed by atoms with Crippen molar-refractivity contribution in [2.24, 2.45) is 0 Å². The van der Waals surface area contributed by atoms with Gasteiger partial charge in [0, 0.05) is 25.5 Å². The van der Waals surface area contributed by atoms with Crippen molar-refractivity contribution in [1.29, 1.82) is 0 Å². The summed E-state index contributed by atoms with van der Waals surface area (Å²) < 4.78 is 0. The van der Waals surface area contributed by atoms with Crippen LogP contribution in [0.4, 0.5) is 0 Å². The molecule has 0 unspecified atom stereocenters. The Hall–Kier alpha value is -1.38. The van der Waals surface area contributed by atoms with Crippen LogP contribution in [0.3, 0.4) is 0 Å². The lowest BCUT2D eigenvalue weighted by molar-refractivity contribution is 0.327. The second-order valence-electron chi connectivity index (χ2n) is 5.10. The van der Waals surface area contributed by atoms with Gasteiger partial charge in [0.2, 0.25) is 0 Å². The lowest BCUT2D eigenvalue weighted by atomic mass is 9.99. The van der Waals surface area contributed by atoms with Gasteiger partial charge in [0.25, 0.3) is 0 Å². The van der Waals surface area contributed by atoms with Crippen LogP contribution >= 0.6 is 11.6 Å². The Morgan fingerprint density at radius 1 is 1.21 bits per heavy atom. The molecule has 1 fully saturated rings. The largest absolute Gasteiger partial charge is 0.298 e. The minimum absolute atomic E-state index is 0.654. The number of pyridine rings is 1. The number of aromatic nitrogens is 1. The van der Waals surface area contributed by atoms with E-state index in [4.69, 9.17) is 11.6 Å². The predicted octanol–water partition coefficient (Wildman–Crippen LogP) is 3.72. The first-order valence-electron chi connectivity index (χ1n) is 6.68. The maximum atomic E-state index is 6.17. The van der Waals surface area contributed by atoms with Crippen molar-refractivity contribution in [3.63, 3.8) is 0 Å². The van der Waals surface area contributed by atoms with Crippen LogP contribution in [0.25, 0.3) is 0 Å². The van der Waals surface area contributed by atoms with Crippen LogP contribution in [0.15, 0.2) is 48.8 Å². The van der Waals surface area contributed by atoms with E-state index in [1.807, 2.05) is 12.3 Å². The molecule has 1 aliphatic heterocycles. The summed E-state index contributed by atoms with van der Waals surface area (Å²) in [6.07, 6.45) is 4.76. The van der Waals surface area contributed by atoms with Crippen LogP contribution in [0.1, 0.15) is 23.5 Å². The number of likely N-dealkylation sites (tertiary alicyclic amines) is 1. The lowest BCUT2D eigenvalue weighted by Gasteiger charge is -2.16. The zero-order chi connectivity index (χ0) is 13.1. The molecule has 1 aliphatic rings. The highest BCUT2D eigenvalue weighted by Crippen LogP contribution is 2.28. The van der Waals surface area contributed by atoms with Crippen LogP contribution in [-0.4, -0.2) is 23.0 Å². The third-order valence-electron chi connectivity index (χ3n) is 3.79. The van der Waals surface area contributed by atoms with Gasteiger partial charge in [0.05, 0.1) is 5.02 Å². The molecule has 1 aromatic carbocycles. The zero-order valence-electron chi connectivity index (χ0n) is 10.8. The Bertz CT molecular complexity index is 541. The molecule has 0 radical (unpaired) electrons. The molecule has 2 nitrogen and oxygen atoms in total. The van der Waals surface area contributed by atoms with Gasteiger partial charge in [-0.25, -0.2) is 0 Å². The van der Waals surface area contributed by atoms with Gasteiger partial charge in [-0.3, -0.25) is 9.88 Å². The molecule has 0 aliphatic carbocycles. The molecule has 0 saturated carbocycles. The van der Waals surface area contributed by atoms with E-state index in [9.17, 15) is 0 Å². The number of rotatable bonds is 3. The molecule has 0 spiro atoms. The van der Waals surface area contributed by atoms with Gasteiger partial charge < -0.3 is 0 Å². The average molecular weight is 273 g/mol. The molecule has 1 saturated heterocycles. The van der Waals surface area contributed by atoms with E-state index >= 15 is 0 Å². The normalized spacial score (nSPS) is 19.7. The van der Waals surface area contributed by atoms with E-state index in [-0.39, 0.29) is 0 Å². The fraction of sp³-hybridized carbons (Fsp3) is 0.312. The first-order chi connectivity index (χ1) is 9.33. The van der Waals surface area contributed by atoms with Crippen LogP contribution in [-0.2, 0) is 6.54 Å². The highest BCUT2D eigenvalue weighted by atomic mass is 35.5. The first-order valence-corrected chi connectivity index (χ1v) is 7.06. The second-order valence-corrected chi connectivity index (χ2v) is 5.51.